The highest BCUT2D eigenvalue weighted by molar-refractivity contribution is 5.95. The van der Waals surface area contributed by atoms with Gasteiger partial charge in [0.15, 0.2) is 0 Å². The van der Waals surface area contributed by atoms with Crippen LogP contribution in [-0.2, 0) is 4.79 Å². The SMILES string of the molecule is CCCC(N)C(=O)Nc1c(C)nn(C(C)C)c1C. The molecule has 1 rings (SSSR count). The molecule has 0 fully saturated rings. The topological polar surface area (TPSA) is 72.9 Å². The first-order chi connectivity index (χ1) is 8.38. The van der Waals surface area contributed by atoms with Gasteiger partial charge in [-0.15, -0.1) is 0 Å². The molecular formula is C13H24N4O. The molecule has 0 saturated carbocycles. The molecule has 18 heavy (non-hydrogen) atoms. The van der Waals surface area contributed by atoms with Crippen molar-refractivity contribution in [3.63, 3.8) is 0 Å². The van der Waals surface area contributed by atoms with Crippen LogP contribution in [0.25, 0.3) is 0 Å². The lowest BCUT2D eigenvalue weighted by molar-refractivity contribution is -0.117. The summed E-state index contributed by atoms with van der Waals surface area (Å²) < 4.78 is 1.91. The summed E-state index contributed by atoms with van der Waals surface area (Å²) in [4.78, 5) is 11.9. The minimum Gasteiger partial charge on any atom is -0.322 e. The second kappa shape index (κ2) is 6.00. The van der Waals surface area contributed by atoms with Crippen molar-refractivity contribution in [3.8, 4) is 0 Å². The first kappa shape index (κ1) is 14.7. The summed E-state index contributed by atoms with van der Waals surface area (Å²) in [6.45, 7) is 10.00. The Balaban J connectivity index is 2.88. The van der Waals surface area contributed by atoms with E-state index in [1.165, 1.54) is 0 Å². The van der Waals surface area contributed by atoms with Crippen LogP contribution in [0.1, 0.15) is 51.0 Å². The molecule has 5 nitrogen and oxygen atoms in total. The standard InChI is InChI=1S/C13H24N4O/c1-6-7-11(14)13(18)15-12-9(4)16-17(8(2)3)10(12)5/h8,11H,6-7,14H2,1-5H3,(H,15,18). The third-order valence-electron chi connectivity index (χ3n) is 3.00. The van der Waals surface area contributed by atoms with E-state index in [4.69, 9.17) is 5.73 Å². The van der Waals surface area contributed by atoms with Crippen LogP contribution in [-0.4, -0.2) is 21.7 Å². The van der Waals surface area contributed by atoms with Crippen molar-refractivity contribution in [3.05, 3.63) is 11.4 Å². The molecule has 0 radical (unpaired) electrons. The number of carbonyl (C=O) groups is 1. The minimum atomic E-state index is -0.448. The number of aromatic nitrogens is 2. The lowest BCUT2D eigenvalue weighted by atomic mass is 10.1. The molecule has 1 heterocycles. The Morgan fingerprint density at radius 3 is 2.50 bits per heavy atom. The maximum absolute atomic E-state index is 11.9. The molecule has 102 valence electrons. The number of nitrogens with zero attached hydrogens (tertiary/aromatic N) is 2. The van der Waals surface area contributed by atoms with Gasteiger partial charge >= 0.3 is 0 Å². The lowest BCUT2D eigenvalue weighted by Crippen LogP contribution is -2.35. The van der Waals surface area contributed by atoms with Gasteiger partial charge in [0.1, 0.15) is 0 Å². The molecule has 1 atom stereocenters. The monoisotopic (exact) mass is 252 g/mol. The molecule has 1 unspecified atom stereocenters. The van der Waals surface area contributed by atoms with Gasteiger partial charge in [-0.2, -0.15) is 5.10 Å². The van der Waals surface area contributed by atoms with Crippen LogP contribution < -0.4 is 11.1 Å². The Morgan fingerprint density at radius 1 is 1.44 bits per heavy atom. The van der Waals surface area contributed by atoms with Crippen molar-refractivity contribution in [2.24, 2.45) is 5.73 Å². The van der Waals surface area contributed by atoms with E-state index >= 15 is 0 Å². The number of aryl methyl sites for hydroxylation is 1. The van der Waals surface area contributed by atoms with Crippen molar-refractivity contribution in [2.75, 3.05) is 5.32 Å². The smallest absolute Gasteiger partial charge is 0.241 e. The predicted molar refractivity (Wildman–Crippen MR) is 73.6 cm³/mol. The van der Waals surface area contributed by atoms with E-state index in [2.05, 4.69) is 24.3 Å². The van der Waals surface area contributed by atoms with Crippen molar-refractivity contribution in [1.82, 2.24) is 9.78 Å². The maximum atomic E-state index is 11.9. The van der Waals surface area contributed by atoms with Gasteiger partial charge in [0.25, 0.3) is 0 Å². The van der Waals surface area contributed by atoms with Crippen molar-refractivity contribution < 1.29 is 4.79 Å². The highest BCUT2D eigenvalue weighted by Gasteiger charge is 2.18. The average molecular weight is 252 g/mol. The zero-order valence-corrected chi connectivity index (χ0v) is 11.9. The van der Waals surface area contributed by atoms with Crippen LogP contribution in [0.2, 0.25) is 0 Å². The first-order valence-electron chi connectivity index (χ1n) is 6.50. The van der Waals surface area contributed by atoms with E-state index in [9.17, 15) is 4.79 Å². The fourth-order valence-electron chi connectivity index (χ4n) is 2.00. The molecule has 1 aromatic heterocycles. The Bertz CT molecular complexity index is 423. The number of rotatable bonds is 5. The number of anilines is 1. The molecule has 0 aromatic carbocycles. The highest BCUT2D eigenvalue weighted by Crippen LogP contribution is 2.22. The summed E-state index contributed by atoms with van der Waals surface area (Å²) in [5, 5.41) is 7.32. The summed E-state index contributed by atoms with van der Waals surface area (Å²) in [6, 6.07) is -0.171. The van der Waals surface area contributed by atoms with Gasteiger partial charge in [-0.1, -0.05) is 13.3 Å². The molecule has 0 bridgehead atoms. The second-order valence-corrected chi connectivity index (χ2v) is 4.97. The number of nitrogens with one attached hydrogen (secondary N) is 1. The number of hydrogen-bond acceptors (Lipinski definition) is 3. The Morgan fingerprint density at radius 2 is 2.06 bits per heavy atom. The van der Waals surface area contributed by atoms with Crippen LogP contribution >= 0.6 is 0 Å². The molecule has 5 heteroatoms. The quantitative estimate of drug-likeness (QED) is 0.843. The van der Waals surface area contributed by atoms with Gasteiger partial charge in [-0.05, 0) is 34.1 Å². The number of hydrogen-bond donors (Lipinski definition) is 2. The molecule has 1 aromatic rings. The van der Waals surface area contributed by atoms with E-state index in [1.54, 1.807) is 0 Å². The number of carbonyl (C=O) groups excluding carboxylic acids is 1. The molecule has 0 aliphatic heterocycles. The Hall–Kier alpha value is -1.36. The molecule has 0 saturated heterocycles. The minimum absolute atomic E-state index is 0.133. The summed E-state index contributed by atoms with van der Waals surface area (Å²) in [7, 11) is 0. The molecule has 0 aliphatic rings. The number of nitrogens with two attached hydrogens (primary N) is 1. The fourth-order valence-corrected chi connectivity index (χ4v) is 2.00. The maximum Gasteiger partial charge on any atom is 0.241 e. The summed E-state index contributed by atoms with van der Waals surface area (Å²) in [6.07, 6.45) is 1.60. The zero-order chi connectivity index (χ0) is 13.9. The largest absolute Gasteiger partial charge is 0.322 e. The average Bonchev–Trinajstić information content (AvgIpc) is 2.57. The highest BCUT2D eigenvalue weighted by atomic mass is 16.2. The van der Waals surface area contributed by atoms with Crippen LogP contribution in [0.3, 0.4) is 0 Å². The summed E-state index contributed by atoms with van der Waals surface area (Å²) in [5.41, 5.74) is 8.40. The molecule has 0 aliphatic carbocycles. The lowest BCUT2D eigenvalue weighted by Gasteiger charge is -2.12. The van der Waals surface area contributed by atoms with Gasteiger partial charge in [0, 0.05) is 6.04 Å². The summed E-state index contributed by atoms with van der Waals surface area (Å²) in [5.74, 6) is -0.133. The zero-order valence-electron chi connectivity index (χ0n) is 11.9. The Kier molecular flexibility index (Phi) is 4.90. The molecule has 3 N–H and O–H groups in total. The van der Waals surface area contributed by atoms with E-state index in [-0.39, 0.29) is 11.9 Å². The second-order valence-electron chi connectivity index (χ2n) is 4.97. The fraction of sp³-hybridized carbons (Fsp3) is 0.692. The van der Waals surface area contributed by atoms with E-state index < -0.39 is 6.04 Å². The van der Waals surface area contributed by atoms with Crippen LogP contribution in [0, 0.1) is 13.8 Å². The third-order valence-corrected chi connectivity index (χ3v) is 3.00. The van der Waals surface area contributed by atoms with Gasteiger partial charge in [-0.25, -0.2) is 0 Å². The summed E-state index contributed by atoms with van der Waals surface area (Å²) >= 11 is 0. The van der Waals surface area contributed by atoms with Crippen LogP contribution in [0.4, 0.5) is 5.69 Å². The van der Waals surface area contributed by atoms with Crippen molar-refractivity contribution in [1.29, 1.82) is 0 Å². The van der Waals surface area contributed by atoms with Gasteiger partial charge in [-0.3, -0.25) is 9.48 Å². The van der Waals surface area contributed by atoms with E-state index in [1.807, 2.05) is 25.5 Å². The predicted octanol–water partition coefficient (Wildman–Crippen LogP) is 2.15. The van der Waals surface area contributed by atoms with Gasteiger partial charge in [0.2, 0.25) is 5.91 Å². The van der Waals surface area contributed by atoms with Gasteiger partial charge in [0.05, 0.1) is 23.1 Å². The van der Waals surface area contributed by atoms with Crippen LogP contribution in [0.5, 0.6) is 0 Å². The first-order valence-corrected chi connectivity index (χ1v) is 6.50. The van der Waals surface area contributed by atoms with E-state index in [0.29, 0.717) is 6.42 Å². The van der Waals surface area contributed by atoms with Crippen molar-refractivity contribution in [2.45, 2.75) is 59.5 Å². The third kappa shape index (κ3) is 3.10. The normalized spacial score (nSPS) is 12.8. The molecule has 1 amide bonds. The van der Waals surface area contributed by atoms with Gasteiger partial charge < -0.3 is 11.1 Å². The van der Waals surface area contributed by atoms with E-state index in [0.717, 1.165) is 23.5 Å². The Labute approximate surface area is 109 Å². The molecular weight excluding hydrogens is 228 g/mol. The molecule has 0 spiro atoms. The van der Waals surface area contributed by atoms with Crippen LogP contribution in [0.15, 0.2) is 0 Å². The van der Waals surface area contributed by atoms with Crippen molar-refractivity contribution >= 4 is 11.6 Å². The number of amides is 1.